The molecule has 47 heavy (non-hydrogen) atoms. The Bertz CT molecular complexity index is 1470. The fraction of sp³-hybridized carbons (Fsp3) is 0.513. The van der Waals surface area contributed by atoms with Crippen LogP contribution in [0.15, 0.2) is 72.8 Å². The smallest absolute Gasteiger partial charge is 0.335 e. The summed E-state index contributed by atoms with van der Waals surface area (Å²) in [5.41, 5.74) is 4.21. The Morgan fingerprint density at radius 2 is 1.38 bits per heavy atom. The predicted octanol–water partition coefficient (Wildman–Crippen LogP) is 10.2. The lowest BCUT2D eigenvalue weighted by molar-refractivity contribution is 0.0696. The number of aromatic carboxylic acids is 1. The average Bonchev–Trinajstić information content (AvgIpc) is 2.96. The van der Waals surface area contributed by atoms with Gasteiger partial charge in [0.25, 0.3) is 0 Å². The molecule has 1 unspecified atom stereocenters. The lowest BCUT2D eigenvalue weighted by atomic mass is 9.93. The third kappa shape index (κ3) is 11.1. The molecule has 0 spiro atoms. The highest BCUT2D eigenvalue weighted by Crippen LogP contribution is 2.41. The molecular formula is C39H59NO5Si2. The van der Waals surface area contributed by atoms with Crippen LogP contribution in [0.4, 0.5) is 0 Å². The van der Waals surface area contributed by atoms with Gasteiger partial charge in [0.1, 0.15) is 12.4 Å². The summed E-state index contributed by atoms with van der Waals surface area (Å²) < 4.78 is 20.3. The number of carboxylic acids is 1. The first kappa shape index (κ1) is 38.7. The molecule has 0 aliphatic carbocycles. The molecule has 0 aliphatic rings. The maximum Gasteiger partial charge on any atom is 0.335 e. The van der Waals surface area contributed by atoms with Gasteiger partial charge in [-0.05, 0) is 97.5 Å². The number of nitrogens with one attached hydrogen (secondary N) is 1. The highest BCUT2D eigenvalue weighted by atomic mass is 28.4. The first-order chi connectivity index (χ1) is 21.6. The number of rotatable bonds is 15. The van der Waals surface area contributed by atoms with Gasteiger partial charge < -0.3 is 24.0 Å². The van der Waals surface area contributed by atoms with Crippen LogP contribution in [0.25, 0.3) is 0 Å². The van der Waals surface area contributed by atoms with Crippen LogP contribution in [0.1, 0.15) is 94.1 Å². The number of carbonyl (C=O) groups is 1. The van der Waals surface area contributed by atoms with Crippen molar-refractivity contribution in [3.8, 4) is 5.75 Å². The van der Waals surface area contributed by atoms with Gasteiger partial charge in [0.2, 0.25) is 0 Å². The van der Waals surface area contributed by atoms with E-state index in [-0.39, 0.29) is 21.7 Å². The van der Waals surface area contributed by atoms with Crippen molar-refractivity contribution < 1.29 is 23.5 Å². The molecule has 0 radical (unpaired) electrons. The molecule has 3 rings (SSSR count). The van der Waals surface area contributed by atoms with Gasteiger partial charge in [-0.25, -0.2) is 4.79 Å². The van der Waals surface area contributed by atoms with E-state index in [1.54, 1.807) is 12.1 Å². The van der Waals surface area contributed by atoms with E-state index in [2.05, 4.69) is 117 Å². The summed E-state index contributed by atoms with van der Waals surface area (Å²) in [6, 6.07) is 23.9. The highest BCUT2D eigenvalue weighted by Gasteiger charge is 2.40. The van der Waals surface area contributed by atoms with E-state index in [9.17, 15) is 9.90 Å². The number of hydrogen-bond donors (Lipinski definition) is 2. The summed E-state index contributed by atoms with van der Waals surface area (Å²) >= 11 is 0. The molecule has 0 bridgehead atoms. The highest BCUT2D eigenvalue weighted by molar-refractivity contribution is 6.74. The van der Waals surface area contributed by atoms with E-state index in [1.165, 1.54) is 0 Å². The largest absolute Gasteiger partial charge is 0.489 e. The normalized spacial score (nSPS) is 13.8. The molecule has 3 aromatic rings. The van der Waals surface area contributed by atoms with Crippen molar-refractivity contribution in [2.24, 2.45) is 0 Å². The molecular weight excluding hydrogens is 619 g/mol. The zero-order valence-corrected chi connectivity index (χ0v) is 32.9. The summed E-state index contributed by atoms with van der Waals surface area (Å²) in [6.07, 6.45) is 0.481. The zero-order chi connectivity index (χ0) is 35.3. The monoisotopic (exact) mass is 677 g/mol. The summed E-state index contributed by atoms with van der Waals surface area (Å²) in [5, 5.41) is 13.4. The molecule has 8 heteroatoms. The Balaban J connectivity index is 1.96. The SMILES string of the molecule is CC(C)(Cc1cccc(C(=O)O)c1)NCC(O[Si](C)(C)C(C)(C)C)c1ccc(OCc2ccccc2)c(CO[Si](C)(C)C(C)(C)C)c1. The molecule has 258 valence electrons. The molecule has 0 aliphatic heterocycles. The van der Waals surface area contributed by atoms with Crippen molar-refractivity contribution in [1.29, 1.82) is 0 Å². The van der Waals surface area contributed by atoms with E-state index < -0.39 is 22.6 Å². The second kappa shape index (κ2) is 15.2. The number of carboxylic acid groups (broad SMARTS) is 1. The topological polar surface area (TPSA) is 77.0 Å². The minimum atomic E-state index is -2.17. The zero-order valence-electron chi connectivity index (χ0n) is 30.9. The fourth-order valence-electron chi connectivity index (χ4n) is 4.78. The second-order valence-electron chi connectivity index (χ2n) is 16.5. The molecule has 6 nitrogen and oxygen atoms in total. The van der Waals surface area contributed by atoms with E-state index in [0.717, 1.165) is 28.0 Å². The van der Waals surface area contributed by atoms with Gasteiger partial charge in [0.15, 0.2) is 16.6 Å². The van der Waals surface area contributed by atoms with Crippen LogP contribution in [0, 0.1) is 0 Å². The molecule has 0 amide bonds. The maximum absolute atomic E-state index is 11.6. The van der Waals surface area contributed by atoms with Gasteiger partial charge in [-0.3, -0.25) is 0 Å². The molecule has 0 fully saturated rings. The predicted molar refractivity (Wildman–Crippen MR) is 199 cm³/mol. The molecule has 0 saturated carbocycles. The van der Waals surface area contributed by atoms with Crippen LogP contribution in [-0.4, -0.2) is 39.8 Å². The Kier molecular flexibility index (Phi) is 12.5. The van der Waals surface area contributed by atoms with Gasteiger partial charge in [-0.2, -0.15) is 0 Å². The summed E-state index contributed by atoms with van der Waals surface area (Å²) in [7, 11) is -4.19. The first-order valence-electron chi connectivity index (χ1n) is 16.8. The lowest BCUT2D eigenvalue weighted by Gasteiger charge is -2.40. The van der Waals surface area contributed by atoms with Crippen LogP contribution in [0.3, 0.4) is 0 Å². The van der Waals surface area contributed by atoms with E-state index in [4.69, 9.17) is 13.6 Å². The minimum Gasteiger partial charge on any atom is -0.489 e. The third-order valence-corrected chi connectivity index (χ3v) is 18.9. The van der Waals surface area contributed by atoms with Crippen LogP contribution in [-0.2, 0) is 28.5 Å². The van der Waals surface area contributed by atoms with Crippen molar-refractivity contribution in [2.45, 2.75) is 123 Å². The van der Waals surface area contributed by atoms with Gasteiger partial charge >= 0.3 is 5.97 Å². The maximum atomic E-state index is 11.6. The van der Waals surface area contributed by atoms with Gasteiger partial charge in [-0.15, -0.1) is 0 Å². The van der Waals surface area contributed by atoms with Crippen molar-refractivity contribution in [1.82, 2.24) is 5.32 Å². The van der Waals surface area contributed by atoms with Crippen molar-refractivity contribution >= 4 is 22.6 Å². The molecule has 1 atom stereocenters. The van der Waals surface area contributed by atoms with Crippen LogP contribution in [0.2, 0.25) is 36.3 Å². The summed E-state index contributed by atoms with van der Waals surface area (Å²) in [4.78, 5) is 11.6. The standard InChI is InChI=1S/C39H59NO5Si2/c1-37(2,3)46(9,10)44-28-33-24-31(21-22-34(33)43-27-29-17-14-13-15-18-29)35(45-47(11,12)38(4,5)6)26-40-39(7,8)25-30-19-16-20-32(23-30)36(41)42/h13-24,35,40H,25-28H2,1-12H3,(H,41,42). The molecule has 0 saturated heterocycles. The van der Waals surface area contributed by atoms with Crippen LogP contribution >= 0.6 is 0 Å². The van der Waals surface area contributed by atoms with Gasteiger partial charge in [0.05, 0.1) is 18.3 Å². The van der Waals surface area contributed by atoms with E-state index >= 15 is 0 Å². The minimum absolute atomic E-state index is 0.0328. The van der Waals surface area contributed by atoms with Crippen molar-refractivity contribution in [3.63, 3.8) is 0 Å². The lowest BCUT2D eigenvalue weighted by Crippen LogP contribution is -2.47. The average molecular weight is 678 g/mol. The quantitative estimate of drug-likeness (QED) is 0.156. The van der Waals surface area contributed by atoms with Gasteiger partial charge in [-0.1, -0.05) is 90.1 Å². The first-order valence-corrected chi connectivity index (χ1v) is 22.6. The number of benzene rings is 3. The number of ether oxygens (including phenoxy) is 1. The van der Waals surface area contributed by atoms with E-state index in [1.807, 2.05) is 30.3 Å². The Labute approximate surface area is 286 Å². The van der Waals surface area contributed by atoms with Crippen LogP contribution < -0.4 is 10.1 Å². The Morgan fingerprint density at radius 3 is 1.98 bits per heavy atom. The van der Waals surface area contributed by atoms with Gasteiger partial charge in [0, 0.05) is 17.6 Å². The fourth-order valence-corrected chi connectivity index (χ4v) is 7.01. The second-order valence-corrected chi connectivity index (χ2v) is 26.1. The molecule has 3 aromatic carbocycles. The summed E-state index contributed by atoms with van der Waals surface area (Å²) in [5.74, 6) is -0.0843. The third-order valence-electron chi connectivity index (χ3n) is 9.92. The molecule has 2 N–H and O–H groups in total. The van der Waals surface area contributed by atoms with Crippen molar-refractivity contribution in [3.05, 3.63) is 101 Å². The molecule has 0 heterocycles. The number of hydrogen-bond acceptors (Lipinski definition) is 5. The Morgan fingerprint density at radius 1 is 0.766 bits per heavy atom. The Hall–Kier alpha value is -2.76. The van der Waals surface area contributed by atoms with Crippen LogP contribution in [0.5, 0.6) is 5.75 Å². The molecule has 0 aromatic heterocycles. The van der Waals surface area contributed by atoms with Crippen molar-refractivity contribution in [2.75, 3.05) is 6.54 Å². The van der Waals surface area contributed by atoms with E-state index in [0.29, 0.717) is 31.7 Å². The summed E-state index contributed by atoms with van der Waals surface area (Å²) in [6.45, 7) is 28.6.